The number of esters is 1. The van der Waals surface area contributed by atoms with E-state index in [1.54, 1.807) is 0 Å². The van der Waals surface area contributed by atoms with Crippen LogP contribution in [0.3, 0.4) is 0 Å². The molecule has 0 spiro atoms. The van der Waals surface area contributed by atoms with E-state index in [0.29, 0.717) is 12.3 Å². The molecule has 1 rings (SSSR count). The Hall–Kier alpha value is -1.07. The molecule has 5 heteroatoms. The first-order valence-corrected chi connectivity index (χ1v) is 5.15. The fourth-order valence-electron chi connectivity index (χ4n) is 1.07. The molecule has 0 fully saturated rings. The van der Waals surface area contributed by atoms with Gasteiger partial charge in [-0.2, -0.15) is 0 Å². The number of carbonyl (C=O) groups excluding carboxylic acids is 1. The van der Waals surface area contributed by atoms with Crippen LogP contribution in [-0.2, 0) is 16.1 Å². The zero-order chi connectivity index (χ0) is 11.3. The Morgan fingerprint density at radius 1 is 1.53 bits per heavy atom. The van der Waals surface area contributed by atoms with Crippen LogP contribution in [0, 0.1) is 0 Å². The minimum atomic E-state index is -0.422. The lowest BCUT2D eigenvalue weighted by Gasteiger charge is -2.10. The molecule has 0 aromatic heterocycles. The molecule has 0 aliphatic carbocycles. The molecule has 1 aromatic carbocycles. The third-order valence-electron chi connectivity index (χ3n) is 1.83. The minimum Gasteiger partial charge on any atom is -0.480 e. The molecule has 0 aliphatic heterocycles. The molecule has 2 N–H and O–H groups in total. The van der Waals surface area contributed by atoms with Crippen LogP contribution in [-0.4, -0.2) is 19.7 Å². The maximum Gasteiger partial charge on any atom is 0.343 e. The minimum absolute atomic E-state index is 0.119. The molecule has 15 heavy (non-hydrogen) atoms. The second-order valence-electron chi connectivity index (χ2n) is 2.80. The van der Waals surface area contributed by atoms with Crippen molar-refractivity contribution in [2.45, 2.75) is 6.54 Å². The van der Waals surface area contributed by atoms with Crippen LogP contribution in [0.4, 0.5) is 0 Å². The fourth-order valence-corrected chi connectivity index (χ4v) is 1.59. The molecule has 0 bridgehead atoms. The van der Waals surface area contributed by atoms with Crippen molar-refractivity contribution in [1.82, 2.24) is 0 Å². The van der Waals surface area contributed by atoms with Gasteiger partial charge in [-0.1, -0.05) is 12.1 Å². The monoisotopic (exact) mass is 273 g/mol. The van der Waals surface area contributed by atoms with Crippen molar-refractivity contribution in [3.05, 3.63) is 28.2 Å². The lowest BCUT2D eigenvalue weighted by Crippen LogP contribution is -2.14. The zero-order valence-electron chi connectivity index (χ0n) is 8.33. The maximum atomic E-state index is 10.9. The van der Waals surface area contributed by atoms with Gasteiger partial charge in [0.25, 0.3) is 0 Å². The number of carbonyl (C=O) groups is 1. The highest BCUT2D eigenvalue weighted by molar-refractivity contribution is 9.10. The van der Waals surface area contributed by atoms with Crippen LogP contribution < -0.4 is 10.5 Å². The van der Waals surface area contributed by atoms with Gasteiger partial charge in [0.1, 0.15) is 5.75 Å². The fraction of sp³-hybridized carbons (Fsp3) is 0.300. The summed E-state index contributed by atoms with van der Waals surface area (Å²) in [7, 11) is 1.32. The van der Waals surface area contributed by atoms with Crippen molar-refractivity contribution < 1.29 is 14.3 Å². The van der Waals surface area contributed by atoms with E-state index in [2.05, 4.69) is 20.7 Å². The van der Waals surface area contributed by atoms with Gasteiger partial charge in [-0.15, -0.1) is 0 Å². The van der Waals surface area contributed by atoms with E-state index in [9.17, 15) is 4.79 Å². The average Bonchev–Trinajstić information content (AvgIpc) is 2.26. The van der Waals surface area contributed by atoms with E-state index in [0.717, 1.165) is 10.0 Å². The van der Waals surface area contributed by atoms with Crippen molar-refractivity contribution in [2.24, 2.45) is 5.73 Å². The maximum absolute atomic E-state index is 10.9. The Morgan fingerprint density at radius 2 is 2.27 bits per heavy atom. The van der Waals surface area contributed by atoms with Crippen molar-refractivity contribution in [2.75, 3.05) is 13.7 Å². The number of methoxy groups -OCH3 is 1. The molecule has 1 aromatic rings. The van der Waals surface area contributed by atoms with Gasteiger partial charge in [-0.3, -0.25) is 0 Å². The van der Waals surface area contributed by atoms with Crippen LogP contribution in [0.15, 0.2) is 22.7 Å². The number of rotatable bonds is 4. The molecule has 0 unspecified atom stereocenters. The van der Waals surface area contributed by atoms with E-state index >= 15 is 0 Å². The summed E-state index contributed by atoms with van der Waals surface area (Å²) in [5.41, 5.74) is 6.38. The summed E-state index contributed by atoms with van der Waals surface area (Å²) < 4.78 is 10.6. The Balaban J connectivity index is 2.78. The third-order valence-corrected chi connectivity index (χ3v) is 2.45. The summed E-state index contributed by atoms with van der Waals surface area (Å²) in [6.07, 6.45) is 0. The Labute approximate surface area is 96.5 Å². The molecule has 0 radical (unpaired) electrons. The molecule has 0 saturated carbocycles. The van der Waals surface area contributed by atoms with E-state index in [1.807, 2.05) is 18.2 Å². The SMILES string of the molecule is COC(=O)COc1c(Br)cccc1CN. The summed E-state index contributed by atoms with van der Waals surface area (Å²) in [5.74, 6) is 0.166. The standard InChI is InChI=1S/C10H12BrNO3/c1-14-9(13)6-15-10-7(5-12)3-2-4-8(10)11/h2-4H,5-6,12H2,1H3. The van der Waals surface area contributed by atoms with Gasteiger partial charge in [0.15, 0.2) is 6.61 Å². The topological polar surface area (TPSA) is 61.5 Å². The lowest BCUT2D eigenvalue weighted by atomic mass is 10.2. The van der Waals surface area contributed by atoms with Crippen LogP contribution in [0.5, 0.6) is 5.75 Å². The quantitative estimate of drug-likeness (QED) is 0.844. The highest BCUT2D eigenvalue weighted by Crippen LogP contribution is 2.28. The van der Waals surface area contributed by atoms with Crippen molar-refractivity contribution >= 4 is 21.9 Å². The Morgan fingerprint density at radius 3 is 2.87 bits per heavy atom. The van der Waals surface area contributed by atoms with Crippen LogP contribution >= 0.6 is 15.9 Å². The van der Waals surface area contributed by atoms with Gasteiger partial charge in [-0.05, 0) is 22.0 Å². The largest absolute Gasteiger partial charge is 0.480 e. The predicted octanol–water partition coefficient (Wildman–Crippen LogP) is 1.46. The van der Waals surface area contributed by atoms with Gasteiger partial charge in [-0.25, -0.2) is 4.79 Å². The highest BCUT2D eigenvalue weighted by atomic mass is 79.9. The molecule has 82 valence electrons. The van der Waals surface area contributed by atoms with E-state index in [4.69, 9.17) is 10.5 Å². The summed E-state index contributed by atoms with van der Waals surface area (Å²) in [5, 5.41) is 0. The van der Waals surface area contributed by atoms with Gasteiger partial charge in [0.2, 0.25) is 0 Å². The molecular weight excluding hydrogens is 262 g/mol. The number of halogens is 1. The molecule has 0 atom stereocenters. The van der Waals surface area contributed by atoms with Crippen LogP contribution in [0.25, 0.3) is 0 Å². The second kappa shape index (κ2) is 5.72. The number of ether oxygens (including phenoxy) is 2. The van der Waals surface area contributed by atoms with E-state index < -0.39 is 5.97 Å². The average molecular weight is 274 g/mol. The first kappa shape index (κ1) is 12.0. The molecule has 0 amide bonds. The third kappa shape index (κ3) is 3.21. The van der Waals surface area contributed by atoms with Gasteiger partial charge >= 0.3 is 5.97 Å². The van der Waals surface area contributed by atoms with Crippen LogP contribution in [0.2, 0.25) is 0 Å². The Kier molecular flexibility index (Phi) is 4.58. The summed E-state index contributed by atoms with van der Waals surface area (Å²) in [4.78, 5) is 10.9. The first-order chi connectivity index (χ1) is 7.19. The van der Waals surface area contributed by atoms with Gasteiger partial charge in [0.05, 0.1) is 11.6 Å². The second-order valence-corrected chi connectivity index (χ2v) is 3.65. The zero-order valence-corrected chi connectivity index (χ0v) is 9.91. The van der Waals surface area contributed by atoms with Crippen molar-refractivity contribution in [1.29, 1.82) is 0 Å². The molecule has 4 nitrogen and oxygen atoms in total. The number of hydrogen-bond donors (Lipinski definition) is 1. The van der Waals surface area contributed by atoms with Crippen LogP contribution in [0.1, 0.15) is 5.56 Å². The van der Waals surface area contributed by atoms with Gasteiger partial charge < -0.3 is 15.2 Å². The summed E-state index contributed by atoms with van der Waals surface area (Å²) in [6.45, 7) is 0.238. The number of para-hydroxylation sites is 1. The highest BCUT2D eigenvalue weighted by Gasteiger charge is 2.09. The summed E-state index contributed by atoms with van der Waals surface area (Å²) >= 11 is 3.33. The smallest absolute Gasteiger partial charge is 0.343 e. The number of nitrogens with two attached hydrogens (primary N) is 1. The lowest BCUT2D eigenvalue weighted by molar-refractivity contribution is -0.142. The summed E-state index contributed by atoms with van der Waals surface area (Å²) in [6, 6.07) is 5.53. The van der Waals surface area contributed by atoms with E-state index in [-0.39, 0.29) is 6.61 Å². The molecular formula is C10H12BrNO3. The number of hydrogen-bond acceptors (Lipinski definition) is 4. The predicted molar refractivity (Wildman–Crippen MR) is 59.5 cm³/mol. The Bertz CT molecular complexity index is 355. The molecule has 0 heterocycles. The first-order valence-electron chi connectivity index (χ1n) is 4.36. The molecule has 0 aliphatic rings. The number of benzene rings is 1. The van der Waals surface area contributed by atoms with Gasteiger partial charge in [0, 0.05) is 12.1 Å². The van der Waals surface area contributed by atoms with Crippen molar-refractivity contribution in [3.8, 4) is 5.75 Å². The molecule has 0 saturated heterocycles. The van der Waals surface area contributed by atoms with E-state index in [1.165, 1.54) is 7.11 Å². The normalized spacial score (nSPS) is 9.80. The van der Waals surface area contributed by atoms with Crippen molar-refractivity contribution in [3.63, 3.8) is 0 Å².